The number of nitrogens with zero attached hydrogens (tertiary/aromatic N) is 3. The zero-order valence-electron chi connectivity index (χ0n) is 28.7. The Morgan fingerprint density at radius 3 is 2.31 bits per heavy atom. The van der Waals surface area contributed by atoms with Crippen LogP contribution in [0, 0.1) is 24.7 Å². The molecule has 48 heavy (non-hydrogen) atoms. The molecule has 0 aliphatic carbocycles. The molecule has 2 aromatic carbocycles. The molecule has 2 unspecified atom stereocenters. The minimum Gasteiger partial charge on any atom is -0.494 e. The first-order chi connectivity index (χ1) is 23.0. The predicted molar refractivity (Wildman–Crippen MR) is 188 cm³/mol. The Bertz CT molecular complexity index is 1540. The Hall–Kier alpha value is -3.66. The van der Waals surface area contributed by atoms with Gasteiger partial charge >= 0.3 is 0 Å². The number of carbonyl (C=O) groups is 3. The standard InChI is InChI=1S/C38H48ClN3O6/c1-8-21-40(26-15-17-27(18-16-26)47-11-4)34(44)30-31-35(45)42(29(23-43)24(5)6)33(38(31)20-19-37(30,10-3)48-38)36(46)41(22-9-2)32-25(7)13-12-14-28(32)39/h8-9,12-18,24,29-31,33,43H,1-2,10-11,19-23H2,3-7H3/t29-,30-,31-,33?,37+,38?/m0/s1. The van der Waals surface area contributed by atoms with Crippen molar-refractivity contribution in [1.29, 1.82) is 0 Å². The zero-order chi connectivity index (χ0) is 35.0. The summed E-state index contributed by atoms with van der Waals surface area (Å²) in [5, 5.41) is 11.1. The number of fused-ring (bicyclic) bond motifs is 1. The molecule has 0 radical (unpaired) electrons. The molecule has 9 nitrogen and oxygen atoms in total. The summed E-state index contributed by atoms with van der Waals surface area (Å²) >= 11 is 6.72. The van der Waals surface area contributed by atoms with Gasteiger partial charge in [0.25, 0.3) is 5.91 Å². The van der Waals surface area contributed by atoms with E-state index in [0.29, 0.717) is 48.0 Å². The van der Waals surface area contributed by atoms with Gasteiger partial charge in [-0.15, -0.1) is 13.2 Å². The summed E-state index contributed by atoms with van der Waals surface area (Å²) in [6, 6.07) is 10.9. The maximum absolute atomic E-state index is 15.1. The van der Waals surface area contributed by atoms with Crippen molar-refractivity contribution in [2.24, 2.45) is 17.8 Å². The molecule has 3 aliphatic heterocycles. The van der Waals surface area contributed by atoms with Crippen LogP contribution in [0.5, 0.6) is 5.75 Å². The highest BCUT2D eigenvalue weighted by Crippen LogP contribution is 2.65. The molecule has 3 amide bonds. The number of aliphatic hydroxyl groups excluding tert-OH is 1. The van der Waals surface area contributed by atoms with E-state index in [1.54, 1.807) is 28.0 Å². The molecule has 10 heteroatoms. The van der Waals surface area contributed by atoms with Crippen LogP contribution in [0.3, 0.4) is 0 Å². The van der Waals surface area contributed by atoms with Crippen LogP contribution in [0.15, 0.2) is 67.8 Å². The van der Waals surface area contributed by atoms with E-state index in [1.807, 2.05) is 71.0 Å². The highest BCUT2D eigenvalue weighted by Gasteiger charge is 2.79. The molecule has 1 spiro atoms. The molecule has 258 valence electrons. The maximum Gasteiger partial charge on any atom is 0.253 e. The number of carbonyl (C=O) groups excluding carboxylic acids is 3. The first-order valence-electron chi connectivity index (χ1n) is 16.9. The summed E-state index contributed by atoms with van der Waals surface area (Å²) in [7, 11) is 0. The van der Waals surface area contributed by atoms with E-state index in [-0.39, 0.29) is 43.3 Å². The van der Waals surface area contributed by atoms with Crippen LogP contribution in [0.1, 0.15) is 52.5 Å². The van der Waals surface area contributed by atoms with Crippen LogP contribution in [0.2, 0.25) is 5.02 Å². The van der Waals surface area contributed by atoms with Gasteiger partial charge in [-0.1, -0.05) is 56.7 Å². The predicted octanol–water partition coefficient (Wildman–Crippen LogP) is 5.96. The molecule has 1 N–H and O–H groups in total. The van der Waals surface area contributed by atoms with E-state index in [0.717, 1.165) is 5.56 Å². The monoisotopic (exact) mass is 677 g/mol. The van der Waals surface area contributed by atoms with E-state index in [1.165, 1.54) is 4.90 Å². The van der Waals surface area contributed by atoms with Crippen molar-refractivity contribution in [2.75, 3.05) is 36.1 Å². The van der Waals surface area contributed by atoms with Gasteiger partial charge in [0, 0.05) is 18.8 Å². The number of halogens is 1. The molecule has 5 rings (SSSR count). The van der Waals surface area contributed by atoms with Crippen LogP contribution in [-0.2, 0) is 19.1 Å². The number of hydrogen-bond donors (Lipinski definition) is 1. The molecule has 2 aromatic rings. The summed E-state index contributed by atoms with van der Waals surface area (Å²) in [4.78, 5) is 49.7. The number of amides is 3. The third-order valence-electron chi connectivity index (χ3n) is 10.5. The molecule has 3 saturated heterocycles. The van der Waals surface area contributed by atoms with Gasteiger partial charge in [-0.2, -0.15) is 0 Å². The minimum absolute atomic E-state index is 0.139. The van der Waals surface area contributed by atoms with E-state index in [4.69, 9.17) is 21.1 Å². The van der Waals surface area contributed by atoms with Gasteiger partial charge < -0.3 is 29.3 Å². The van der Waals surface area contributed by atoms with Gasteiger partial charge in [0.05, 0.1) is 47.4 Å². The molecule has 3 fully saturated rings. The molecule has 0 aromatic heterocycles. The number of ether oxygens (including phenoxy) is 2. The van der Waals surface area contributed by atoms with Crippen molar-refractivity contribution in [3.8, 4) is 5.75 Å². The Labute approximate surface area is 289 Å². The number of aliphatic hydroxyl groups is 1. The lowest BCUT2D eigenvalue weighted by Crippen LogP contribution is -2.60. The van der Waals surface area contributed by atoms with Gasteiger partial charge in [0.1, 0.15) is 17.4 Å². The molecule has 3 heterocycles. The quantitative estimate of drug-likeness (QED) is 0.248. The number of rotatable bonds is 14. The number of anilines is 2. The van der Waals surface area contributed by atoms with Crippen LogP contribution < -0.4 is 14.5 Å². The van der Waals surface area contributed by atoms with E-state index < -0.39 is 35.1 Å². The molecule has 6 atom stereocenters. The molecule has 2 bridgehead atoms. The molecule has 0 saturated carbocycles. The fourth-order valence-corrected chi connectivity index (χ4v) is 8.65. The maximum atomic E-state index is 15.1. The van der Waals surface area contributed by atoms with Gasteiger partial charge in [-0.25, -0.2) is 0 Å². The summed E-state index contributed by atoms with van der Waals surface area (Å²) < 4.78 is 12.7. The van der Waals surface area contributed by atoms with Crippen molar-refractivity contribution in [3.63, 3.8) is 0 Å². The fraction of sp³-hybridized carbons (Fsp3) is 0.500. The number of hydrogen-bond acceptors (Lipinski definition) is 6. The summed E-state index contributed by atoms with van der Waals surface area (Å²) in [5.41, 5.74) is -0.291. The Morgan fingerprint density at radius 2 is 1.75 bits per heavy atom. The summed E-state index contributed by atoms with van der Waals surface area (Å²) in [6.07, 6.45) is 4.68. The van der Waals surface area contributed by atoms with Crippen LogP contribution in [0.4, 0.5) is 11.4 Å². The van der Waals surface area contributed by atoms with Crippen molar-refractivity contribution < 1.29 is 29.0 Å². The van der Waals surface area contributed by atoms with Crippen molar-refractivity contribution in [3.05, 3.63) is 78.4 Å². The second-order valence-corrected chi connectivity index (χ2v) is 13.8. The van der Waals surface area contributed by atoms with Crippen molar-refractivity contribution in [1.82, 2.24) is 4.90 Å². The number of para-hydroxylation sites is 1. The normalized spacial score (nSPS) is 26.4. The van der Waals surface area contributed by atoms with Gasteiger partial charge in [-0.3, -0.25) is 14.4 Å². The highest BCUT2D eigenvalue weighted by atomic mass is 35.5. The number of aryl methyl sites for hydroxylation is 1. The van der Waals surface area contributed by atoms with Gasteiger partial charge in [0.15, 0.2) is 0 Å². The van der Waals surface area contributed by atoms with Crippen LogP contribution in [-0.4, -0.2) is 77.3 Å². The van der Waals surface area contributed by atoms with E-state index in [9.17, 15) is 14.7 Å². The fourth-order valence-electron chi connectivity index (χ4n) is 8.33. The summed E-state index contributed by atoms with van der Waals surface area (Å²) in [5.74, 6) is -2.30. The Balaban J connectivity index is 1.66. The zero-order valence-corrected chi connectivity index (χ0v) is 29.4. The van der Waals surface area contributed by atoms with Crippen LogP contribution >= 0.6 is 11.6 Å². The molecule has 3 aliphatic rings. The molecular formula is C38H48ClN3O6. The van der Waals surface area contributed by atoms with Crippen molar-refractivity contribution in [2.45, 2.75) is 77.2 Å². The average molecular weight is 678 g/mol. The lowest BCUT2D eigenvalue weighted by molar-refractivity contribution is -0.150. The SMILES string of the molecule is C=CCN(C(=O)[C@@H]1[C@H]2C(=O)N([C@@H](CO)C(C)C)C(C(=O)N(CC=C)c3c(C)cccc3Cl)C23CC[C@@]1(CC)O3)c1ccc(OCC)cc1. The minimum atomic E-state index is -1.29. The third kappa shape index (κ3) is 5.63. The van der Waals surface area contributed by atoms with Gasteiger partial charge in [0.2, 0.25) is 11.8 Å². The average Bonchev–Trinajstić information content (AvgIpc) is 3.67. The van der Waals surface area contributed by atoms with E-state index in [2.05, 4.69) is 13.2 Å². The lowest BCUT2D eigenvalue weighted by atomic mass is 9.64. The lowest BCUT2D eigenvalue weighted by Gasteiger charge is -2.41. The summed E-state index contributed by atoms with van der Waals surface area (Å²) in [6.45, 7) is 17.9. The highest BCUT2D eigenvalue weighted by molar-refractivity contribution is 6.34. The third-order valence-corrected chi connectivity index (χ3v) is 10.8. The first-order valence-corrected chi connectivity index (χ1v) is 17.3. The Morgan fingerprint density at radius 1 is 1.08 bits per heavy atom. The number of likely N-dealkylation sites (tertiary alicyclic amines) is 1. The van der Waals surface area contributed by atoms with E-state index >= 15 is 4.79 Å². The Kier molecular flexibility index (Phi) is 10.4. The first kappa shape index (κ1) is 35.6. The van der Waals surface area contributed by atoms with Gasteiger partial charge in [-0.05, 0) is 74.9 Å². The largest absolute Gasteiger partial charge is 0.494 e. The van der Waals surface area contributed by atoms with Crippen molar-refractivity contribution >= 4 is 40.7 Å². The second-order valence-electron chi connectivity index (χ2n) is 13.4. The smallest absolute Gasteiger partial charge is 0.253 e. The topological polar surface area (TPSA) is 99.6 Å². The molecular weight excluding hydrogens is 630 g/mol. The van der Waals surface area contributed by atoms with Crippen LogP contribution in [0.25, 0.3) is 0 Å². The number of benzene rings is 2. The second kappa shape index (κ2) is 14.1.